The molecule has 1 heterocycles. The zero-order chi connectivity index (χ0) is 13.8. The second-order valence-corrected chi connectivity index (χ2v) is 4.79. The van der Waals surface area contributed by atoms with Crippen LogP contribution in [0.5, 0.6) is 0 Å². The van der Waals surface area contributed by atoms with E-state index in [2.05, 4.69) is 29.8 Å². The SMILES string of the molecule is C=C(C1CNC1)N(/C(=C/C)CC)c1ccc(F)cc1. The summed E-state index contributed by atoms with van der Waals surface area (Å²) in [4.78, 5) is 2.16. The third-order valence-electron chi connectivity index (χ3n) is 3.61. The van der Waals surface area contributed by atoms with E-state index in [-0.39, 0.29) is 5.82 Å². The van der Waals surface area contributed by atoms with Crippen LogP contribution in [0, 0.1) is 11.7 Å². The van der Waals surface area contributed by atoms with Gasteiger partial charge in [-0.05, 0) is 37.6 Å². The van der Waals surface area contributed by atoms with Gasteiger partial charge in [0.15, 0.2) is 0 Å². The van der Waals surface area contributed by atoms with E-state index in [1.807, 2.05) is 19.1 Å². The molecule has 0 saturated carbocycles. The molecule has 1 N–H and O–H groups in total. The molecular formula is C16H21FN2. The molecule has 1 saturated heterocycles. The summed E-state index contributed by atoms with van der Waals surface area (Å²) in [6.45, 7) is 10.3. The summed E-state index contributed by atoms with van der Waals surface area (Å²) in [5.74, 6) is 0.254. The van der Waals surface area contributed by atoms with Crippen molar-refractivity contribution in [3.8, 4) is 0 Å². The monoisotopic (exact) mass is 260 g/mol. The summed E-state index contributed by atoms with van der Waals surface area (Å²) in [6.07, 6.45) is 3.02. The number of nitrogens with zero attached hydrogens (tertiary/aromatic N) is 1. The molecule has 0 aromatic heterocycles. The van der Waals surface area contributed by atoms with E-state index in [1.165, 1.54) is 17.8 Å². The minimum absolute atomic E-state index is 0.210. The molecule has 1 fully saturated rings. The van der Waals surface area contributed by atoms with Gasteiger partial charge in [-0.2, -0.15) is 0 Å². The Bertz CT molecular complexity index is 472. The van der Waals surface area contributed by atoms with Crippen LogP contribution in [0.25, 0.3) is 0 Å². The Labute approximate surface area is 114 Å². The molecule has 102 valence electrons. The van der Waals surface area contributed by atoms with Gasteiger partial charge in [0.2, 0.25) is 0 Å². The van der Waals surface area contributed by atoms with E-state index in [0.29, 0.717) is 5.92 Å². The highest BCUT2D eigenvalue weighted by Gasteiger charge is 2.26. The molecule has 0 radical (unpaired) electrons. The van der Waals surface area contributed by atoms with Gasteiger partial charge in [-0.15, -0.1) is 0 Å². The number of benzene rings is 1. The van der Waals surface area contributed by atoms with E-state index in [4.69, 9.17) is 0 Å². The molecule has 1 aromatic carbocycles. The van der Waals surface area contributed by atoms with Crippen LogP contribution in [0.3, 0.4) is 0 Å². The Balaban J connectivity index is 2.32. The maximum Gasteiger partial charge on any atom is 0.123 e. The number of allylic oxidation sites excluding steroid dienone is 2. The quantitative estimate of drug-likeness (QED) is 0.868. The molecular weight excluding hydrogens is 239 g/mol. The minimum Gasteiger partial charge on any atom is -0.319 e. The van der Waals surface area contributed by atoms with Gasteiger partial charge in [0.1, 0.15) is 5.82 Å². The second kappa shape index (κ2) is 6.02. The fourth-order valence-electron chi connectivity index (χ4n) is 2.30. The highest BCUT2D eigenvalue weighted by Crippen LogP contribution is 2.30. The third kappa shape index (κ3) is 2.87. The summed E-state index contributed by atoms with van der Waals surface area (Å²) in [7, 11) is 0. The van der Waals surface area contributed by atoms with Crippen molar-refractivity contribution in [1.82, 2.24) is 5.32 Å². The fourth-order valence-corrected chi connectivity index (χ4v) is 2.30. The number of rotatable bonds is 5. The molecule has 1 aliphatic heterocycles. The zero-order valence-electron chi connectivity index (χ0n) is 11.6. The van der Waals surface area contributed by atoms with E-state index in [0.717, 1.165) is 30.9 Å². The van der Waals surface area contributed by atoms with E-state index in [1.54, 1.807) is 0 Å². The average Bonchev–Trinajstić information content (AvgIpc) is 2.35. The minimum atomic E-state index is -0.210. The first-order valence-corrected chi connectivity index (χ1v) is 6.77. The highest BCUT2D eigenvalue weighted by atomic mass is 19.1. The van der Waals surface area contributed by atoms with Crippen molar-refractivity contribution in [3.63, 3.8) is 0 Å². The van der Waals surface area contributed by atoms with Crippen molar-refractivity contribution in [2.24, 2.45) is 5.92 Å². The number of halogens is 1. The lowest BCUT2D eigenvalue weighted by Crippen LogP contribution is -2.46. The molecule has 2 rings (SSSR count). The molecule has 0 spiro atoms. The molecule has 0 bridgehead atoms. The first-order chi connectivity index (χ1) is 9.17. The Morgan fingerprint density at radius 3 is 2.47 bits per heavy atom. The lowest BCUT2D eigenvalue weighted by atomic mass is 9.97. The van der Waals surface area contributed by atoms with Crippen molar-refractivity contribution in [1.29, 1.82) is 0 Å². The molecule has 1 aromatic rings. The Hall–Kier alpha value is -1.61. The summed E-state index contributed by atoms with van der Waals surface area (Å²) in [5, 5.41) is 3.27. The number of anilines is 1. The molecule has 0 atom stereocenters. The Kier molecular flexibility index (Phi) is 4.38. The fraction of sp³-hybridized carbons (Fsp3) is 0.375. The molecule has 0 unspecified atom stereocenters. The van der Waals surface area contributed by atoms with Crippen molar-refractivity contribution in [2.75, 3.05) is 18.0 Å². The number of nitrogens with one attached hydrogen (secondary N) is 1. The van der Waals surface area contributed by atoms with Crippen molar-refractivity contribution >= 4 is 5.69 Å². The zero-order valence-corrected chi connectivity index (χ0v) is 11.6. The first kappa shape index (κ1) is 13.8. The predicted molar refractivity (Wildman–Crippen MR) is 78.4 cm³/mol. The maximum atomic E-state index is 13.1. The van der Waals surface area contributed by atoms with Gasteiger partial charge < -0.3 is 10.2 Å². The van der Waals surface area contributed by atoms with Gasteiger partial charge in [0, 0.05) is 36.1 Å². The summed E-state index contributed by atoms with van der Waals surface area (Å²) < 4.78 is 13.1. The molecule has 0 aliphatic carbocycles. The second-order valence-electron chi connectivity index (χ2n) is 4.79. The first-order valence-electron chi connectivity index (χ1n) is 6.77. The smallest absolute Gasteiger partial charge is 0.123 e. The van der Waals surface area contributed by atoms with Crippen LogP contribution in [0.15, 0.2) is 48.3 Å². The molecule has 0 amide bonds. The van der Waals surface area contributed by atoms with Gasteiger partial charge in [0.05, 0.1) is 0 Å². The third-order valence-corrected chi connectivity index (χ3v) is 3.61. The molecule has 3 heteroatoms. The predicted octanol–water partition coefficient (Wildman–Crippen LogP) is 3.68. The Morgan fingerprint density at radius 1 is 1.42 bits per heavy atom. The Morgan fingerprint density at radius 2 is 2.05 bits per heavy atom. The van der Waals surface area contributed by atoms with E-state index in [9.17, 15) is 4.39 Å². The van der Waals surface area contributed by atoms with Crippen molar-refractivity contribution in [2.45, 2.75) is 20.3 Å². The lowest BCUT2D eigenvalue weighted by Gasteiger charge is -2.37. The van der Waals surface area contributed by atoms with Crippen LogP contribution in [0.2, 0.25) is 0 Å². The highest BCUT2D eigenvalue weighted by molar-refractivity contribution is 5.58. The summed E-state index contributed by atoms with van der Waals surface area (Å²) >= 11 is 0. The number of hydrogen-bond donors (Lipinski definition) is 1. The van der Waals surface area contributed by atoms with Gasteiger partial charge in [0.25, 0.3) is 0 Å². The van der Waals surface area contributed by atoms with Crippen molar-refractivity contribution in [3.05, 3.63) is 54.1 Å². The van der Waals surface area contributed by atoms with Crippen LogP contribution < -0.4 is 10.2 Å². The standard InChI is InChI=1S/C16H21FN2/c1-4-15(5-2)19(12(3)13-10-18-11-13)16-8-6-14(17)7-9-16/h4,6-9,13,18H,3,5,10-11H2,1-2H3/b15-4+. The lowest BCUT2D eigenvalue weighted by molar-refractivity contribution is 0.394. The normalized spacial score (nSPS) is 16.1. The van der Waals surface area contributed by atoms with Crippen molar-refractivity contribution < 1.29 is 4.39 Å². The molecule has 19 heavy (non-hydrogen) atoms. The van der Waals surface area contributed by atoms with Gasteiger partial charge in [-0.3, -0.25) is 0 Å². The average molecular weight is 260 g/mol. The van der Waals surface area contributed by atoms with Gasteiger partial charge in [-0.25, -0.2) is 4.39 Å². The van der Waals surface area contributed by atoms with Crippen LogP contribution in [0.1, 0.15) is 20.3 Å². The van der Waals surface area contributed by atoms with E-state index >= 15 is 0 Å². The topological polar surface area (TPSA) is 15.3 Å². The molecule has 1 aliphatic rings. The summed E-state index contributed by atoms with van der Waals surface area (Å²) in [5.41, 5.74) is 3.26. The number of hydrogen-bond acceptors (Lipinski definition) is 2. The largest absolute Gasteiger partial charge is 0.319 e. The van der Waals surface area contributed by atoms with Crippen LogP contribution >= 0.6 is 0 Å². The van der Waals surface area contributed by atoms with Gasteiger partial charge in [-0.1, -0.05) is 19.6 Å². The van der Waals surface area contributed by atoms with Crippen LogP contribution in [-0.4, -0.2) is 13.1 Å². The molecule has 2 nitrogen and oxygen atoms in total. The maximum absolute atomic E-state index is 13.1. The van der Waals surface area contributed by atoms with Crippen LogP contribution in [0.4, 0.5) is 10.1 Å². The van der Waals surface area contributed by atoms with E-state index < -0.39 is 0 Å². The van der Waals surface area contributed by atoms with Crippen LogP contribution in [-0.2, 0) is 0 Å². The summed E-state index contributed by atoms with van der Waals surface area (Å²) in [6, 6.07) is 6.62. The van der Waals surface area contributed by atoms with Gasteiger partial charge >= 0.3 is 0 Å².